The van der Waals surface area contributed by atoms with Crippen LogP contribution in [0, 0.1) is 18.6 Å². The number of amides is 1. The summed E-state index contributed by atoms with van der Waals surface area (Å²) in [6, 6.07) is 7.24. The van der Waals surface area contributed by atoms with E-state index < -0.39 is 48.9 Å². The Kier molecular flexibility index (Phi) is 5.77. The van der Waals surface area contributed by atoms with Gasteiger partial charge in [-0.05, 0) is 48.9 Å². The number of aryl methyl sites for hydroxylation is 1. The molecule has 0 unspecified atom stereocenters. The maximum Gasteiger partial charge on any atom is 0.265 e. The molecule has 6 nitrogen and oxygen atoms in total. The average Bonchev–Trinajstić information content (AvgIpc) is 2.55. The van der Waals surface area contributed by atoms with Crippen LogP contribution in [0.5, 0.6) is 0 Å². The van der Waals surface area contributed by atoms with Crippen molar-refractivity contribution in [2.75, 3.05) is 11.5 Å². The molecular weight excluding hydrogens is 388 g/mol. The minimum Gasteiger partial charge on any atom is -0.268 e. The average molecular weight is 403 g/mol. The molecule has 1 amide bonds. The lowest BCUT2D eigenvalue weighted by Gasteiger charge is -2.09. The van der Waals surface area contributed by atoms with E-state index in [9.17, 15) is 30.4 Å². The topological polar surface area (TPSA) is 97.4 Å². The summed E-state index contributed by atoms with van der Waals surface area (Å²) in [5.74, 6) is -4.08. The Morgan fingerprint density at radius 2 is 1.50 bits per heavy atom. The van der Waals surface area contributed by atoms with Crippen molar-refractivity contribution in [3.63, 3.8) is 0 Å². The van der Waals surface area contributed by atoms with Crippen LogP contribution in [0.25, 0.3) is 0 Å². The first-order valence-electron chi connectivity index (χ1n) is 7.29. The summed E-state index contributed by atoms with van der Waals surface area (Å²) in [6.45, 7) is 1.50. The van der Waals surface area contributed by atoms with Gasteiger partial charge < -0.3 is 0 Å². The molecule has 140 valence electrons. The van der Waals surface area contributed by atoms with Gasteiger partial charge in [0.1, 0.15) is 11.6 Å². The number of rotatable bonds is 6. The summed E-state index contributed by atoms with van der Waals surface area (Å²) in [6.07, 6.45) is 0. The maximum atomic E-state index is 13.2. The van der Waals surface area contributed by atoms with Crippen LogP contribution in [0.3, 0.4) is 0 Å². The Hall–Kier alpha value is -2.33. The normalized spacial score (nSPS) is 12.0. The van der Waals surface area contributed by atoms with E-state index in [1.807, 2.05) is 0 Å². The molecule has 0 aliphatic carbocycles. The third-order valence-electron chi connectivity index (χ3n) is 3.49. The molecule has 26 heavy (non-hydrogen) atoms. The van der Waals surface area contributed by atoms with Gasteiger partial charge in [-0.3, -0.25) is 4.79 Å². The number of halogens is 2. The number of sulfonamides is 1. The molecule has 0 saturated carbocycles. The van der Waals surface area contributed by atoms with E-state index in [4.69, 9.17) is 0 Å². The Morgan fingerprint density at radius 3 is 2.12 bits per heavy atom. The quantitative estimate of drug-likeness (QED) is 0.742. The summed E-state index contributed by atoms with van der Waals surface area (Å²) in [5, 5.41) is 0. The van der Waals surface area contributed by atoms with Crippen molar-refractivity contribution >= 4 is 25.8 Å². The Morgan fingerprint density at radius 1 is 0.923 bits per heavy atom. The molecule has 0 spiro atoms. The van der Waals surface area contributed by atoms with Crippen LogP contribution in [-0.2, 0) is 19.9 Å². The molecule has 0 atom stereocenters. The van der Waals surface area contributed by atoms with Crippen LogP contribution in [0.2, 0.25) is 0 Å². The third-order valence-corrected chi connectivity index (χ3v) is 6.71. The van der Waals surface area contributed by atoms with Gasteiger partial charge in [0.25, 0.3) is 5.91 Å². The van der Waals surface area contributed by atoms with Gasteiger partial charge in [-0.25, -0.2) is 30.3 Å². The molecule has 0 aromatic heterocycles. The van der Waals surface area contributed by atoms with Crippen molar-refractivity contribution in [3.8, 4) is 0 Å². The number of nitrogens with one attached hydrogen (secondary N) is 1. The highest BCUT2D eigenvalue weighted by molar-refractivity contribution is 7.94. The zero-order valence-electron chi connectivity index (χ0n) is 13.6. The minimum atomic E-state index is -4.28. The highest BCUT2D eigenvalue weighted by Gasteiger charge is 2.23. The van der Waals surface area contributed by atoms with Crippen LogP contribution in [0.4, 0.5) is 8.78 Å². The first-order chi connectivity index (χ1) is 12.0. The van der Waals surface area contributed by atoms with Crippen molar-refractivity contribution in [1.29, 1.82) is 0 Å². The summed E-state index contributed by atoms with van der Waals surface area (Å²) in [4.78, 5) is 11.8. The van der Waals surface area contributed by atoms with Gasteiger partial charge in [0.05, 0.1) is 16.4 Å². The largest absolute Gasteiger partial charge is 0.268 e. The van der Waals surface area contributed by atoms with E-state index in [-0.39, 0.29) is 10.5 Å². The van der Waals surface area contributed by atoms with E-state index >= 15 is 0 Å². The molecule has 2 aromatic rings. The molecular formula is C16H15F2NO5S2. The standard InChI is InChI=1S/C16H15F2NO5S2/c1-11-2-3-13(18)10-15(11)16(20)19-26(23,24)9-8-25(21,22)14-6-4-12(17)5-7-14/h2-7,10H,8-9H2,1H3,(H,19,20). The second kappa shape index (κ2) is 7.50. The van der Waals surface area contributed by atoms with E-state index in [1.54, 1.807) is 4.72 Å². The van der Waals surface area contributed by atoms with Gasteiger partial charge in [-0.15, -0.1) is 0 Å². The van der Waals surface area contributed by atoms with Crippen molar-refractivity contribution < 1.29 is 30.4 Å². The SMILES string of the molecule is Cc1ccc(F)cc1C(=O)NS(=O)(=O)CCS(=O)(=O)c1ccc(F)cc1. The van der Waals surface area contributed by atoms with Gasteiger partial charge in [-0.1, -0.05) is 6.07 Å². The molecule has 0 aliphatic heterocycles. The number of hydrogen-bond donors (Lipinski definition) is 1. The van der Waals surface area contributed by atoms with Gasteiger partial charge >= 0.3 is 0 Å². The van der Waals surface area contributed by atoms with Crippen LogP contribution in [-0.4, -0.2) is 34.2 Å². The van der Waals surface area contributed by atoms with Crippen LogP contribution >= 0.6 is 0 Å². The fourth-order valence-electron chi connectivity index (χ4n) is 2.07. The second-order valence-corrected chi connectivity index (χ2v) is 9.43. The van der Waals surface area contributed by atoms with Gasteiger partial charge in [-0.2, -0.15) is 0 Å². The Labute approximate surface area is 149 Å². The first-order valence-corrected chi connectivity index (χ1v) is 10.6. The third kappa shape index (κ3) is 5.09. The summed E-state index contributed by atoms with van der Waals surface area (Å²) >= 11 is 0. The van der Waals surface area contributed by atoms with E-state index in [1.165, 1.54) is 13.0 Å². The summed E-state index contributed by atoms with van der Waals surface area (Å²) in [7, 11) is -8.27. The van der Waals surface area contributed by atoms with Gasteiger partial charge in [0, 0.05) is 5.56 Å². The van der Waals surface area contributed by atoms with Gasteiger partial charge in [0.2, 0.25) is 10.0 Å². The molecule has 0 heterocycles. The number of sulfone groups is 1. The van der Waals surface area contributed by atoms with E-state index in [2.05, 4.69) is 0 Å². The molecule has 0 saturated heterocycles. The summed E-state index contributed by atoms with van der Waals surface area (Å²) in [5.41, 5.74) is 0.188. The monoisotopic (exact) mass is 403 g/mol. The smallest absolute Gasteiger partial charge is 0.265 e. The van der Waals surface area contributed by atoms with Crippen molar-refractivity contribution in [2.24, 2.45) is 0 Å². The Bertz CT molecular complexity index is 1030. The fourth-order valence-corrected chi connectivity index (χ4v) is 5.10. The number of hydrogen-bond acceptors (Lipinski definition) is 5. The second-order valence-electron chi connectivity index (χ2n) is 5.48. The molecule has 10 heteroatoms. The van der Waals surface area contributed by atoms with Gasteiger partial charge in [0.15, 0.2) is 9.84 Å². The zero-order chi connectivity index (χ0) is 19.5. The van der Waals surface area contributed by atoms with Crippen LogP contribution < -0.4 is 4.72 Å². The predicted octanol–water partition coefficient (Wildman–Crippen LogP) is 1.81. The molecule has 0 bridgehead atoms. The predicted molar refractivity (Wildman–Crippen MR) is 90.8 cm³/mol. The van der Waals surface area contributed by atoms with Crippen molar-refractivity contribution in [1.82, 2.24) is 4.72 Å². The fraction of sp³-hybridized carbons (Fsp3) is 0.188. The summed E-state index contributed by atoms with van der Waals surface area (Å²) < 4.78 is 76.0. The lowest BCUT2D eigenvalue weighted by atomic mass is 10.1. The van der Waals surface area contributed by atoms with Crippen LogP contribution in [0.15, 0.2) is 47.4 Å². The molecule has 0 fully saturated rings. The Balaban J connectivity index is 2.10. The number of benzene rings is 2. The number of carbonyl (C=O) groups excluding carboxylic acids is 1. The zero-order valence-corrected chi connectivity index (χ0v) is 15.2. The maximum absolute atomic E-state index is 13.2. The van der Waals surface area contributed by atoms with E-state index in [0.717, 1.165) is 36.4 Å². The lowest BCUT2D eigenvalue weighted by Crippen LogP contribution is -2.35. The van der Waals surface area contributed by atoms with E-state index in [0.29, 0.717) is 5.56 Å². The van der Waals surface area contributed by atoms with Crippen LogP contribution in [0.1, 0.15) is 15.9 Å². The highest BCUT2D eigenvalue weighted by Crippen LogP contribution is 2.13. The first kappa shape index (κ1) is 20.0. The molecule has 0 radical (unpaired) electrons. The minimum absolute atomic E-state index is 0.171. The molecule has 2 rings (SSSR count). The molecule has 2 aromatic carbocycles. The highest BCUT2D eigenvalue weighted by atomic mass is 32.2. The number of carbonyl (C=O) groups is 1. The lowest BCUT2D eigenvalue weighted by molar-refractivity contribution is 0.0980. The molecule has 1 N–H and O–H groups in total. The molecule has 0 aliphatic rings. The van der Waals surface area contributed by atoms with Crippen molar-refractivity contribution in [3.05, 3.63) is 65.2 Å². The van der Waals surface area contributed by atoms with Crippen molar-refractivity contribution in [2.45, 2.75) is 11.8 Å².